The molecule has 0 saturated heterocycles. The van der Waals surface area contributed by atoms with E-state index >= 15 is 0 Å². The van der Waals surface area contributed by atoms with Crippen molar-refractivity contribution in [2.24, 2.45) is 11.8 Å². The Balaban J connectivity index is 1.93. The SMILES string of the molecule is O=C1/C(=C/c2ccc(Cl)cc2)C2CCC1C2. The zero-order chi connectivity index (χ0) is 11.1. The highest BCUT2D eigenvalue weighted by atomic mass is 35.5. The van der Waals surface area contributed by atoms with Gasteiger partial charge in [0.1, 0.15) is 0 Å². The average molecular weight is 233 g/mol. The smallest absolute Gasteiger partial charge is 0.162 e. The van der Waals surface area contributed by atoms with Crippen LogP contribution in [-0.4, -0.2) is 5.78 Å². The minimum absolute atomic E-state index is 0.323. The lowest BCUT2D eigenvalue weighted by Gasteiger charge is -2.11. The zero-order valence-electron chi connectivity index (χ0n) is 8.95. The number of allylic oxidation sites excluding steroid dienone is 1. The Bertz CT molecular complexity index is 458. The fourth-order valence-corrected chi connectivity index (χ4v) is 2.99. The van der Waals surface area contributed by atoms with Gasteiger partial charge in [0.25, 0.3) is 0 Å². The molecule has 2 bridgehead atoms. The summed E-state index contributed by atoms with van der Waals surface area (Å²) in [7, 11) is 0. The molecule has 0 N–H and O–H groups in total. The van der Waals surface area contributed by atoms with Crippen LogP contribution in [0.2, 0.25) is 5.02 Å². The molecular weight excluding hydrogens is 220 g/mol. The van der Waals surface area contributed by atoms with E-state index < -0.39 is 0 Å². The van der Waals surface area contributed by atoms with E-state index in [0.29, 0.717) is 17.6 Å². The monoisotopic (exact) mass is 232 g/mol. The van der Waals surface area contributed by atoms with E-state index in [2.05, 4.69) is 0 Å². The van der Waals surface area contributed by atoms with Gasteiger partial charge in [-0.3, -0.25) is 4.79 Å². The van der Waals surface area contributed by atoms with Gasteiger partial charge in [-0.2, -0.15) is 0 Å². The number of carbonyl (C=O) groups excluding carboxylic acids is 1. The summed E-state index contributed by atoms with van der Waals surface area (Å²) in [5.41, 5.74) is 2.12. The van der Waals surface area contributed by atoms with Crippen molar-refractivity contribution in [3.8, 4) is 0 Å². The molecule has 1 nitrogen and oxygen atoms in total. The molecule has 0 radical (unpaired) electrons. The maximum Gasteiger partial charge on any atom is 0.162 e. The van der Waals surface area contributed by atoms with Crippen molar-refractivity contribution in [3.63, 3.8) is 0 Å². The number of ketones is 1. The largest absolute Gasteiger partial charge is 0.294 e. The summed E-state index contributed by atoms with van der Waals surface area (Å²) in [6.45, 7) is 0. The van der Waals surface area contributed by atoms with E-state index in [1.807, 2.05) is 30.3 Å². The van der Waals surface area contributed by atoms with Crippen molar-refractivity contribution in [2.45, 2.75) is 19.3 Å². The van der Waals surface area contributed by atoms with Crippen LogP contribution in [0.4, 0.5) is 0 Å². The number of rotatable bonds is 1. The fraction of sp³-hybridized carbons (Fsp3) is 0.357. The van der Waals surface area contributed by atoms with Gasteiger partial charge in [0.2, 0.25) is 0 Å². The Labute approximate surface area is 100 Å². The van der Waals surface area contributed by atoms with E-state index in [9.17, 15) is 4.79 Å². The number of halogens is 1. The topological polar surface area (TPSA) is 17.1 Å². The highest BCUT2D eigenvalue weighted by Crippen LogP contribution is 2.46. The normalized spacial score (nSPS) is 30.3. The molecular formula is C14H13ClO. The molecule has 82 valence electrons. The maximum atomic E-state index is 11.9. The molecule has 2 saturated carbocycles. The molecule has 1 aromatic carbocycles. The van der Waals surface area contributed by atoms with Gasteiger partial charge in [-0.1, -0.05) is 23.7 Å². The van der Waals surface area contributed by atoms with Crippen molar-refractivity contribution in [2.75, 3.05) is 0 Å². The summed E-state index contributed by atoms with van der Waals surface area (Å²) in [5, 5.41) is 0.737. The molecule has 0 amide bonds. The fourth-order valence-electron chi connectivity index (χ4n) is 2.87. The van der Waals surface area contributed by atoms with Crippen molar-refractivity contribution in [1.29, 1.82) is 0 Å². The van der Waals surface area contributed by atoms with Gasteiger partial charge >= 0.3 is 0 Å². The van der Waals surface area contributed by atoms with Crippen LogP contribution in [0.25, 0.3) is 6.08 Å². The van der Waals surface area contributed by atoms with Crippen molar-refractivity contribution in [3.05, 3.63) is 40.4 Å². The van der Waals surface area contributed by atoms with E-state index in [-0.39, 0.29) is 0 Å². The van der Waals surface area contributed by atoms with Gasteiger partial charge in [-0.25, -0.2) is 0 Å². The lowest BCUT2D eigenvalue weighted by molar-refractivity contribution is -0.118. The van der Waals surface area contributed by atoms with Crippen LogP contribution in [0.1, 0.15) is 24.8 Å². The molecule has 0 spiro atoms. The Hall–Kier alpha value is -1.08. The van der Waals surface area contributed by atoms with Crippen molar-refractivity contribution < 1.29 is 4.79 Å². The summed E-state index contributed by atoms with van der Waals surface area (Å²) in [6, 6.07) is 7.67. The minimum atomic E-state index is 0.323. The lowest BCUT2D eigenvalue weighted by atomic mass is 9.92. The third-order valence-electron chi connectivity index (χ3n) is 3.72. The van der Waals surface area contributed by atoms with E-state index in [1.54, 1.807) is 0 Å². The van der Waals surface area contributed by atoms with Gasteiger partial charge in [-0.15, -0.1) is 0 Å². The van der Waals surface area contributed by atoms with Gasteiger partial charge < -0.3 is 0 Å². The van der Waals surface area contributed by atoms with Gasteiger partial charge in [0.15, 0.2) is 5.78 Å². The number of carbonyl (C=O) groups is 1. The molecule has 0 heterocycles. The zero-order valence-corrected chi connectivity index (χ0v) is 9.70. The number of hydrogen-bond donors (Lipinski definition) is 0. The number of fused-ring (bicyclic) bond motifs is 2. The second-order valence-electron chi connectivity index (χ2n) is 4.72. The summed E-state index contributed by atoms with van der Waals surface area (Å²) in [6.07, 6.45) is 5.41. The molecule has 3 rings (SSSR count). The maximum absolute atomic E-state index is 11.9. The van der Waals surface area contributed by atoms with E-state index in [4.69, 9.17) is 11.6 Å². The second-order valence-corrected chi connectivity index (χ2v) is 5.16. The number of hydrogen-bond acceptors (Lipinski definition) is 1. The molecule has 2 aliphatic rings. The van der Waals surface area contributed by atoms with Crippen LogP contribution in [0.3, 0.4) is 0 Å². The Morgan fingerprint density at radius 2 is 1.81 bits per heavy atom. The molecule has 0 aliphatic heterocycles. The van der Waals surface area contributed by atoms with Crippen LogP contribution < -0.4 is 0 Å². The van der Waals surface area contributed by atoms with Gasteiger partial charge in [-0.05, 0) is 54.5 Å². The first-order chi connectivity index (χ1) is 7.74. The summed E-state index contributed by atoms with van der Waals surface area (Å²) >= 11 is 5.83. The molecule has 1 aromatic rings. The number of Topliss-reactive ketones (excluding diaryl/α,β-unsaturated/α-hetero) is 1. The molecule has 2 atom stereocenters. The van der Waals surface area contributed by atoms with E-state index in [0.717, 1.165) is 29.0 Å². The van der Waals surface area contributed by atoms with Crippen LogP contribution in [-0.2, 0) is 4.79 Å². The molecule has 2 unspecified atom stereocenters. The molecule has 0 aromatic heterocycles. The Morgan fingerprint density at radius 3 is 2.44 bits per heavy atom. The first-order valence-electron chi connectivity index (χ1n) is 5.75. The highest BCUT2D eigenvalue weighted by Gasteiger charge is 2.42. The summed E-state index contributed by atoms with van der Waals surface area (Å²) < 4.78 is 0. The Morgan fingerprint density at radius 1 is 1.12 bits per heavy atom. The number of benzene rings is 1. The predicted molar refractivity (Wildman–Crippen MR) is 65.3 cm³/mol. The molecule has 2 aliphatic carbocycles. The molecule has 16 heavy (non-hydrogen) atoms. The first kappa shape index (κ1) is 10.1. The standard InChI is InChI=1S/C14H13ClO/c15-12-5-1-9(2-6-12)7-13-10-3-4-11(8-10)14(13)16/h1-2,5-7,10-11H,3-4,8H2/b13-7+. The van der Waals surface area contributed by atoms with Crippen molar-refractivity contribution in [1.82, 2.24) is 0 Å². The predicted octanol–water partition coefficient (Wildman–Crippen LogP) is 3.72. The molecule has 2 heteroatoms. The third-order valence-corrected chi connectivity index (χ3v) is 3.97. The van der Waals surface area contributed by atoms with Crippen molar-refractivity contribution >= 4 is 23.5 Å². The molecule has 2 fully saturated rings. The third kappa shape index (κ3) is 1.60. The quantitative estimate of drug-likeness (QED) is 0.675. The van der Waals surface area contributed by atoms with Crippen LogP contribution in [0.15, 0.2) is 29.8 Å². The first-order valence-corrected chi connectivity index (χ1v) is 6.13. The summed E-state index contributed by atoms with van der Waals surface area (Å²) in [4.78, 5) is 11.9. The van der Waals surface area contributed by atoms with Crippen LogP contribution in [0, 0.1) is 11.8 Å². The van der Waals surface area contributed by atoms with Gasteiger partial charge in [0.05, 0.1) is 0 Å². The van der Waals surface area contributed by atoms with E-state index in [1.165, 1.54) is 6.42 Å². The minimum Gasteiger partial charge on any atom is -0.294 e. The Kier molecular flexibility index (Phi) is 2.36. The highest BCUT2D eigenvalue weighted by molar-refractivity contribution is 6.30. The average Bonchev–Trinajstić information content (AvgIpc) is 2.85. The summed E-state index contributed by atoms with van der Waals surface area (Å²) in [5.74, 6) is 1.22. The lowest BCUT2D eigenvalue weighted by Crippen LogP contribution is -2.11. The van der Waals surface area contributed by atoms with Gasteiger partial charge in [0, 0.05) is 10.9 Å². The second kappa shape index (κ2) is 3.74. The van der Waals surface area contributed by atoms with Crippen LogP contribution >= 0.6 is 11.6 Å². The van der Waals surface area contributed by atoms with Crippen LogP contribution in [0.5, 0.6) is 0 Å².